The van der Waals surface area contributed by atoms with Gasteiger partial charge in [0, 0.05) is 5.70 Å². The Balaban J connectivity index is 0.00000560. The molecule has 1 fully saturated rings. The van der Waals surface area contributed by atoms with Gasteiger partial charge in [-0.3, -0.25) is 9.59 Å². The third-order valence-corrected chi connectivity index (χ3v) is 6.37. The van der Waals surface area contributed by atoms with E-state index in [4.69, 9.17) is 9.47 Å². The molecule has 0 radical (unpaired) electrons. The van der Waals surface area contributed by atoms with Gasteiger partial charge >= 0.3 is 37.1 Å². The monoisotopic (exact) mass is 766 g/mol. The van der Waals surface area contributed by atoms with Crippen LogP contribution >= 0.6 is 0 Å². The molecular formula is C33H40N2O4U. The van der Waals surface area contributed by atoms with E-state index >= 15 is 0 Å². The molecule has 0 aliphatic heterocycles. The van der Waals surface area contributed by atoms with E-state index in [1.165, 1.54) is 0 Å². The van der Waals surface area contributed by atoms with Gasteiger partial charge in [0.15, 0.2) is 0 Å². The molecule has 2 aromatic carbocycles. The molecule has 2 N–H and O–H groups in total. The molecule has 6 nitrogen and oxygen atoms in total. The van der Waals surface area contributed by atoms with E-state index in [9.17, 15) is 9.59 Å². The minimum absolute atomic E-state index is 0. The summed E-state index contributed by atoms with van der Waals surface area (Å²) in [4.78, 5) is 25.0. The quantitative estimate of drug-likeness (QED) is 0.116. The maximum Gasteiger partial charge on any atom is 2.00 e. The van der Waals surface area contributed by atoms with E-state index in [0.717, 1.165) is 47.9 Å². The van der Waals surface area contributed by atoms with E-state index < -0.39 is 11.0 Å². The fourth-order valence-electron chi connectivity index (χ4n) is 4.30. The largest absolute Gasteiger partial charge is 2.00 e. The smallest absolute Gasteiger partial charge is 0.683 e. The number of esters is 1. The van der Waals surface area contributed by atoms with Crippen molar-refractivity contribution in [2.45, 2.75) is 64.4 Å². The average molecular weight is 767 g/mol. The summed E-state index contributed by atoms with van der Waals surface area (Å²) in [6.45, 7) is 12.6. The molecule has 1 aliphatic carbocycles. The first-order valence-electron chi connectivity index (χ1n) is 13.4. The second-order valence-corrected chi connectivity index (χ2v) is 10.8. The molecule has 0 heterocycles. The van der Waals surface area contributed by atoms with E-state index in [-0.39, 0.29) is 49.5 Å². The molecule has 1 saturated carbocycles. The van der Waals surface area contributed by atoms with Crippen LogP contribution in [0.5, 0.6) is 5.75 Å². The van der Waals surface area contributed by atoms with Crippen LogP contribution in [0.4, 0.5) is 0 Å². The summed E-state index contributed by atoms with van der Waals surface area (Å²) in [6.07, 6.45) is 9.17. The molecule has 0 aromatic heterocycles. The number of allylic oxidation sites excluding steroid dienone is 4. The maximum absolute atomic E-state index is 13.1. The van der Waals surface area contributed by atoms with E-state index in [0.29, 0.717) is 18.0 Å². The summed E-state index contributed by atoms with van der Waals surface area (Å²) in [5.41, 5.74) is 3.68. The Hall–Kier alpha value is -2.59. The van der Waals surface area contributed by atoms with Crippen molar-refractivity contribution in [2.75, 3.05) is 13.1 Å². The molecule has 0 saturated heterocycles. The zero-order valence-corrected chi connectivity index (χ0v) is 28.2. The first-order chi connectivity index (χ1) is 18.6. The third-order valence-electron chi connectivity index (χ3n) is 6.37. The van der Waals surface area contributed by atoms with Gasteiger partial charge in [0.1, 0.15) is 5.60 Å². The van der Waals surface area contributed by atoms with Crippen molar-refractivity contribution in [1.29, 1.82) is 0 Å². The SMILES string of the molecule is C=C(/C=C\C(=C/CC)c1cccc(CCNCC(=O)OC(C)(C)C)c1)NC(=O)C1(c2cc[c-]c(O[CH2-])c2)CC1.[U+2]. The van der Waals surface area contributed by atoms with Gasteiger partial charge in [-0.25, -0.2) is 0 Å². The van der Waals surface area contributed by atoms with Gasteiger partial charge in [-0.2, -0.15) is 19.2 Å². The van der Waals surface area contributed by atoms with Gasteiger partial charge in [0.05, 0.1) is 12.0 Å². The molecule has 0 bridgehead atoms. The number of ether oxygens (including phenoxy) is 2. The van der Waals surface area contributed by atoms with Crippen LogP contribution in [0.25, 0.3) is 5.57 Å². The van der Waals surface area contributed by atoms with Crippen molar-refractivity contribution < 1.29 is 50.2 Å². The Labute approximate surface area is 263 Å². The van der Waals surface area contributed by atoms with Gasteiger partial charge in [-0.15, -0.1) is 17.7 Å². The number of carbonyl (C=O) groups excluding carboxylic acids is 2. The van der Waals surface area contributed by atoms with Crippen molar-refractivity contribution in [3.8, 4) is 5.75 Å². The van der Waals surface area contributed by atoms with Crippen molar-refractivity contribution >= 4 is 17.4 Å². The van der Waals surface area contributed by atoms with Crippen LogP contribution in [0.15, 0.2) is 73.0 Å². The summed E-state index contributed by atoms with van der Waals surface area (Å²) in [5, 5.41) is 6.13. The van der Waals surface area contributed by atoms with Crippen molar-refractivity contribution in [1.82, 2.24) is 10.6 Å². The average Bonchev–Trinajstić information content (AvgIpc) is 3.71. The number of rotatable bonds is 13. The zero-order chi connectivity index (χ0) is 28.5. The van der Waals surface area contributed by atoms with Gasteiger partial charge in [-0.1, -0.05) is 49.9 Å². The van der Waals surface area contributed by atoms with Gasteiger partial charge in [-0.05, 0) is 81.5 Å². The van der Waals surface area contributed by atoms with E-state index in [1.807, 2.05) is 51.1 Å². The summed E-state index contributed by atoms with van der Waals surface area (Å²) in [7, 11) is 3.43. The van der Waals surface area contributed by atoms with Gasteiger partial charge in [0.25, 0.3) is 0 Å². The second kappa shape index (κ2) is 15.4. The molecule has 3 rings (SSSR count). The standard InChI is InChI=1S/C33H40N2O4.U/c1-7-10-26(27-12-8-11-25(21-27)17-20-34-23-30(36)39-32(3,4)5)16-15-24(2)35-31(37)33(18-19-33)28-13-9-14-29(22-28)38-6;/h8-13,15-16,21-22,34H,2,6-7,17-20,23H2,1,3-5H3,(H,35,37);/q-2;+2/b16-15-,26-10+;. The van der Waals surface area contributed by atoms with Crippen LogP contribution in [0, 0.1) is 44.3 Å². The molecule has 0 atom stereocenters. The fourth-order valence-corrected chi connectivity index (χ4v) is 4.30. The van der Waals surface area contributed by atoms with Gasteiger partial charge < -0.3 is 20.1 Å². The predicted octanol–water partition coefficient (Wildman–Crippen LogP) is 5.84. The normalized spacial score (nSPS) is 14.3. The summed E-state index contributed by atoms with van der Waals surface area (Å²) >= 11 is 0. The number of amides is 1. The Bertz CT molecular complexity index is 1240. The van der Waals surface area contributed by atoms with Crippen LogP contribution < -0.4 is 15.4 Å². The fraction of sp³-hybridized carbons (Fsp3) is 0.364. The Morgan fingerprint density at radius 2 is 1.93 bits per heavy atom. The molecular weight excluding hydrogens is 726 g/mol. The second-order valence-electron chi connectivity index (χ2n) is 10.8. The van der Waals surface area contributed by atoms with Crippen molar-refractivity contribution in [2.24, 2.45) is 0 Å². The first-order valence-corrected chi connectivity index (χ1v) is 13.4. The molecule has 1 aliphatic rings. The molecule has 1 amide bonds. The minimum atomic E-state index is -0.562. The minimum Gasteiger partial charge on any atom is -0.683 e. The van der Waals surface area contributed by atoms with Crippen LogP contribution in [-0.4, -0.2) is 30.6 Å². The zero-order valence-electron chi connectivity index (χ0n) is 24.1. The summed E-state index contributed by atoms with van der Waals surface area (Å²) in [5.74, 6) is 0.190. The van der Waals surface area contributed by atoms with Gasteiger partial charge in [0.2, 0.25) is 5.91 Å². The summed E-state index contributed by atoms with van der Waals surface area (Å²) in [6, 6.07) is 16.8. The number of nitrogens with one attached hydrogen (secondary N) is 2. The van der Waals surface area contributed by atoms with E-state index in [1.54, 1.807) is 6.07 Å². The number of hydrogen-bond acceptors (Lipinski definition) is 5. The molecule has 210 valence electrons. The Kier molecular flexibility index (Phi) is 13.0. The first kappa shape index (κ1) is 33.6. The van der Waals surface area contributed by atoms with Crippen molar-refractivity contribution in [3.63, 3.8) is 0 Å². The van der Waals surface area contributed by atoms with E-state index in [2.05, 4.69) is 61.6 Å². The number of benzene rings is 2. The molecule has 0 spiro atoms. The van der Waals surface area contributed by atoms with Crippen LogP contribution in [0.1, 0.15) is 63.6 Å². The Morgan fingerprint density at radius 3 is 2.58 bits per heavy atom. The molecule has 7 heteroatoms. The van der Waals surface area contributed by atoms with Crippen LogP contribution in [0.2, 0.25) is 0 Å². The maximum atomic E-state index is 13.1. The molecule has 0 unspecified atom stereocenters. The Morgan fingerprint density at radius 1 is 1.18 bits per heavy atom. The van der Waals surface area contributed by atoms with Crippen molar-refractivity contribution in [3.05, 3.63) is 103 Å². The predicted molar refractivity (Wildman–Crippen MR) is 156 cm³/mol. The number of carbonyl (C=O) groups is 2. The van der Waals surface area contributed by atoms with Crippen LogP contribution in [-0.2, 0) is 26.2 Å². The summed E-state index contributed by atoms with van der Waals surface area (Å²) < 4.78 is 10.4. The third kappa shape index (κ3) is 10.1. The number of hydrogen-bond donors (Lipinski definition) is 2. The topological polar surface area (TPSA) is 76.7 Å². The van der Waals surface area contributed by atoms with Crippen LogP contribution in [0.3, 0.4) is 0 Å². The molecule has 2 aromatic rings. The molecule has 40 heavy (non-hydrogen) atoms.